The zero-order valence-electron chi connectivity index (χ0n) is 17.5. The maximum Gasteiger partial charge on any atom is 0.141 e. The number of nitrogens with zero attached hydrogens (tertiary/aromatic N) is 4. The minimum Gasteiger partial charge on any atom is -0.368 e. The molecule has 1 saturated heterocycles. The van der Waals surface area contributed by atoms with E-state index in [-0.39, 0.29) is 0 Å². The van der Waals surface area contributed by atoms with Crippen molar-refractivity contribution in [2.24, 2.45) is 0 Å². The van der Waals surface area contributed by atoms with Gasteiger partial charge in [0.05, 0.1) is 5.39 Å². The predicted octanol–water partition coefficient (Wildman–Crippen LogP) is 5.23. The van der Waals surface area contributed by atoms with Crippen LogP contribution in [-0.4, -0.2) is 36.1 Å². The van der Waals surface area contributed by atoms with Crippen LogP contribution in [0.4, 0.5) is 11.5 Å². The Kier molecular flexibility index (Phi) is 5.13. The molecule has 2 aromatic carbocycles. The minimum absolute atomic E-state index is 0.768. The highest BCUT2D eigenvalue weighted by atomic mass is 32.1. The molecular formula is C25H26N4S. The third-order valence-corrected chi connectivity index (χ3v) is 6.67. The van der Waals surface area contributed by atoms with Crippen LogP contribution in [0.25, 0.3) is 10.2 Å². The molecule has 0 unspecified atom stereocenters. The first-order chi connectivity index (χ1) is 14.7. The number of thiophene rings is 1. The van der Waals surface area contributed by atoms with Crippen LogP contribution < -0.4 is 9.80 Å². The van der Waals surface area contributed by atoms with Gasteiger partial charge in [-0.3, -0.25) is 0 Å². The van der Waals surface area contributed by atoms with E-state index in [1.807, 2.05) is 0 Å². The first-order valence-electron chi connectivity index (χ1n) is 10.5. The van der Waals surface area contributed by atoms with E-state index >= 15 is 0 Å². The molecule has 30 heavy (non-hydrogen) atoms. The molecule has 1 aliphatic rings. The van der Waals surface area contributed by atoms with Crippen molar-refractivity contribution in [2.75, 3.05) is 36.0 Å². The standard InChI is InChI=1S/C25H26N4S/c1-18-8-10-21(11-9-18)28-12-14-29(15-13-28)24-22-16-19(2)30-25(22)27-23(26-24)17-20-6-4-3-5-7-20/h3-11,16H,12-15,17H2,1-2H3. The van der Waals surface area contributed by atoms with Gasteiger partial charge in [-0.2, -0.15) is 0 Å². The van der Waals surface area contributed by atoms with Crippen molar-refractivity contribution in [3.05, 3.63) is 82.5 Å². The molecule has 0 radical (unpaired) electrons. The van der Waals surface area contributed by atoms with Crippen LogP contribution in [0.5, 0.6) is 0 Å². The third-order valence-electron chi connectivity index (χ3n) is 5.73. The lowest BCUT2D eigenvalue weighted by molar-refractivity contribution is 0.647. The van der Waals surface area contributed by atoms with Gasteiger partial charge in [0.15, 0.2) is 0 Å². The van der Waals surface area contributed by atoms with Crippen molar-refractivity contribution in [2.45, 2.75) is 20.3 Å². The Morgan fingerprint density at radius 3 is 2.27 bits per heavy atom. The van der Waals surface area contributed by atoms with Crippen molar-refractivity contribution in [1.82, 2.24) is 9.97 Å². The Bertz CT molecular complexity index is 1140. The largest absolute Gasteiger partial charge is 0.368 e. The highest BCUT2D eigenvalue weighted by Gasteiger charge is 2.22. The number of aryl methyl sites for hydroxylation is 2. The summed E-state index contributed by atoms with van der Waals surface area (Å²) in [5.74, 6) is 2.00. The van der Waals surface area contributed by atoms with Crippen LogP contribution in [0.15, 0.2) is 60.7 Å². The van der Waals surface area contributed by atoms with E-state index in [0.29, 0.717) is 0 Å². The van der Waals surface area contributed by atoms with Gasteiger partial charge < -0.3 is 9.80 Å². The molecule has 0 N–H and O–H groups in total. The van der Waals surface area contributed by atoms with E-state index in [0.717, 1.165) is 49.1 Å². The van der Waals surface area contributed by atoms with Gasteiger partial charge in [-0.05, 0) is 37.6 Å². The van der Waals surface area contributed by atoms with E-state index in [4.69, 9.17) is 9.97 Å². The topological polar surface area (TPSA) is 32.3 Å². The van der Waals surface area contributed by atoms with Crippen molar-refractivity contribution in [3.63, 3.8) is 0 Å². The van der Waals surface area contributed by atoms with Gasteiger partial charge in [0.2, 0.25) is 0 Å². The maximum atomic E-state index is 5.05. The fraction of sp³-hybridized carbons (Fsp3) is 0.280. The Morgan fingerprint density at radius 1 is 0.833 bits per heavy atom. The summed E-state index contributed by atoms with van der Waals surface area (Å²) in [7, 11) is 0. The normalized spacial score (nSPS) is 14.5. The molecule has 1 aliphatic heterocycles. The van der Waals surface area contributed by atoms with Gasteiger partial charge in [-0.1, -0.05) is 48.0 Å². The quantitative estimate of drug-likeness (QED) is 0.458. The van der Waals surface area contributed by atoms with Crippen LogP contribution in [-0.2, 0) is 6.42 Å². The zero-order chi connectivity index (χ0) is 20.5. The second-order valence-electron chi connectivity index (χ2n) is 8.01. The Hall–Kier alpha value is -2.92. The highest BCUT2D eigenvalue weighted by Crippen LogP contribution is 2.32. The van der Waals surface area contributed by atoms with Gasteiger partial charge >= 0.3 is 0 Å². The fourth-order valence-corrected chi connectivity index (χ4v) is 4.99. The van der Waals surface area contributed by atoms with Crippen molar-refractivity contribution < 1.29 is 0 Å². The van der Waals surface area contributed by atoms with Crippen LogP contribution >= 0.6 is 11.3 Å². The maximum absolute atomic E-state index is 5.05. The lowest BCUT2D eigenvalue weighted by atomic mass is 10.1. The lowest BCUT2D eigenvalue weighted by Crippen LogP contribution is -2.47. The van der Waals surface area contributed by atoms with Gasteiger partial charge in [0.25, 0.3) is 0 Å². The summed E-state index contributed by atoms with van der Waals surface area (Å²) in [6.45, 7) is 8.25. The van der Waals surface area contributed by atoms with Crippen LogP contribution in [0.2, 0.25) is 0 Å². The Labute approximate surface area is 181 Å². The molecule has 152 valence electrons. The molecule has 0 atom stereocenters. The molecule has 1 fully saturated rings. The summed E-state index contributed by atoms with van der Waals surface area (Å²) in [5, 5.41) is 1.19. The molecule has 5 rings (SSSR count). The number of anilines is 2. The first-order valence-corrected chi connectivity index (χ1v) is 11.3. The number of piperazine rings is 1. The molecule has 5 heteroatoms. The molecule has 2 aromatic heterocycles. The molecular weight excluding hydrogens is 388 g/mol. The average molecular weight is 415 g/mol. The number of fused-ring (bicyclic) bond motifs is 1. The second kappa shape index (κ2) is 8.07. The van der Waals surface area contributed by atoms with E-state index in [2.05, 4.69) is 84.3 Å². The van der Waals surface area contributed by atoms with E-state index in [1.54, 1.807) is 11.3 Å². The number of rotatable bonds is 4. The summed E-state index contributed by atoms with van der Waals surface area (Å²) in [4.78, 5) is 17.2. The minimum atomic E-state index is 0.768. The van der Waals surface area contributed by atoms with E-state index < -0.39 is 0 Å². The molecule has 0 bridgehead atoms. The molecule has 4 nitrogen and oxygen atoms in total. The Morgan fingerprint density at radius 2 is 1.53 bits per heavy atom. The number of hydrogen-bond donors (Lipinski definition) is 0. The van der Waals surface area contributed by atoms with E-state index in [1.165, 1.54) is 27.1 Å². The number of hydrogen-bond acceptors (Lipinski definition) is 5. The SMILES string of the molecule is Cc1ccc(N2CCN(c3nc(Cc4ccccc4)nc4sc(C)cc34)CC2)cc1. The summed E-state index contributed by atoms with van der Waals surface area (Å²) in [5.41, 5.74) is 3.86. The van der Waals surface area contributed by atoms with Crippen molar-refractivity contribution in [3.8, 4) is 0 Å². The van der Waals surface area contributed by atoms with E-state index in [9.17, 15) is 0 Å². The number of aromatic nitrogens is 2. The van der Waals surface area contributed by atoms with Gasteiger partial charge in [0.1, 0.15) is 16.5 Å². The van der Waals surface area contributed by atoms with Gasteiger partial charge in [-0.15, -0.1) is 11.3 Å². The second-order valence-corrected chi connectivity index (χ2v) is 9.25. The molecule has 0 amide bonds. The summed E-state index contributed by atoms with van der Waals surface area (Å²) >= 11 is 1.77. The van der Waals surface area contributed by atoms with Crippen molar-refractivity contribution in [1.29, 1.82) is 0 Å². The van der Waals surface area contributed by atoms with Gasteiger partial charge in [0, 0.05) is 43.2 Å². The molecule has 0 aliphatic carbocycles. The predicted molar refractivity (Wildman–Crippen MR) is 127 cm³/mol. The summed E-state index contributed by atoms with van der Waals surface area (Å²) < 4.78 is 0. The first kappa shape index (κ1) is 19.1. The van der Waals surface area contributed by atoms with Crippen LogP contribution in [0.3, 0.4) is 0 Å². The molecule has 0 spiro atoms. The zero-order valence-corrected chi connectivity index (χ0v) is 18.3. The fourth-order valence-electron chi connectivity index (χ4n) is 4.10. The smallest absolute Gasteiger partial charge is 0.141 e. The Balaban J connectivity index is 1.41. The summed E-state index contributed by atoms with van der Waals surface area (Å²) in [6, 6.07) is 21.6. The number of benzene rings is 2. The lowest BCUT2D eigenvalue weighted by Gasteiger charge is -2.37. The molecule has 4 aromatic rings. The summed E-state index contributed by atoms with van der Waals surface area (Å²) in [6.07, 6.45) is 0.768. The molecule has 3 heterocycles. The highest BCUT2D eigenvalue weighted by molar-refractivity contribution is 7.18. The third kappa shape index (κ3) is 3.90. The van der Waals surface area contributed by atoms with Crippen LogP contribution in [0, 0.1) is 13.8 Å². The van der Waals surface area contributed by atoms with Crippen molar-refractivity contribution >= 4 is 33.1 Å². The monoisotopic (exact) mass is 414 g/mol. The average Bonchev–Trinajstić information content (AvgIpc) is 3.15. The van der Waals surface area contributed by atoms with Crippen LogP contribution in [0.1, 0.15) is 21.8 Å². The van der Waals surface area contributed by atoms with Gasteiger partial charge in [-0.25, -0.2) is 9.97 Å². The molecule has 0 saturated carbocycles.